The Kier molecular flexibility index (Phi) is 2.57. The molecule has 0 unspecified atom stereocenters. The lowest BCUT2D eigenvalue weighted by Crippen LogP contribution is -2.12. The third-order valence-corrected chi connectivity index (χ3v) is 5.10. The van der Waals surface area contributed by atoms with Gasteiger partial charge in [0.15, 0.2) is 11.5 Å². The van der Waals surface area contributed by atoms with Gasteiger partial charge in [0.25, 0.3) is 5.89 Å². The number of rotatable bonds is 4. The molecule has 5 heteroatoms. The smallest absolute Gasteiger partial charge is 0.278 e. The Labute approximate surface area is 134 Å². The lowest BCUT2D eigenvalue weighted by atomic mass is 9.91. The maximum atomic E-state index is 5.51. The summed E-state index contributed by atoms with van der Waals surface area (Å²) < 4.78 is 5.51. The van der Waals surface area contributed by atoms with Crippen LogP contribution in [0.1, 0.15) is 54.2 Å². The van der Waals surface area contributed by atoms with E-state index in [0.29, 0.717) is 11.8 Å². The summed E-state index contributed by atoms with van der Waals surface area (Å²) in [5, 5.41) is 11.7. The molecule has 2 heterocycles. The quantitative estimate of drug-likeness (QED) is 0.797. The minimum atomic E-state index is -0.0667. The van der Waals surface area contributed by atoms with Crippen LogP contribution in [0.2, 0.25) is 0 Å². The molecule has 0 amide bonds. The molecule has 5 rings (SSSR count). The van der Waals surface area contributed by atoms with E-state index in [4.69, 9.17) is 4.52 Å². The molecule has 5 nitrogen and oxygen atoms in total. The van der Waals surface area contributed by atoms with Gasteiger partial charge >= 0.3 is 0 Å². The molecular weight excluding hydrogens is 288 g/mol. The van der Waals surface area contributed by atoms with Crippen LogP contribution in [0.5, 0.6) is 0 Å². The summed E-state index contributed by atoms with van der Waals surface area (Å²) in [7, 11) is 0. The topological polar surface area (TPSA) is 67.6 Å². The van der Waals surface area contributed by atoms with Crippen molar-refractivity contribution >= 4 is 0 Å². The van der Waals surface area contributed by atoms with Gasteiger partial charge in [-0.15, -0.1) is 0 Å². The molecule has 2 aromatic heterocycles. The lowest BCUT2D eigenvalue weighted by molar-refractivity contribution is 0.416. The first kappa shape index (κ1) is 13.0. The third-order valence-electron chi connectivity index (χ3n) is 5.10. The van der Waals surface area contributed by atoms with Crippen molar-refractivity contribution in [2.75, 3.05) is 0 Å². The first-order valence-corrected chi connectivity index (χ1v) is 8.22. The molecule has 1 aromatic carbocycles. The number of hydrogen-bond donors (Lipinski definition) is 1. The van der Waals surface area contributed by atoms with Gasteiger partial charge < -0.3 is 4.52 Å². The van der Waals surface area contributed by atoms with E-state index in [0.717, 1.165) is 24.4 Å². The van der Waals surface area contributed by atoms with Gasteiger partial charge in [-0.2, -0.15) is 10.1 Å². The number of nitrogens with zero attached hydrogens (tertiary/aromatic N) is 3. The lowest BCUT2D eigenvalue weighted by Gasteiger charge is -2.13. The van der Waals surface area contributed by atoms with E-state index in [-0.39, 0.29) is 5.41 Å². The first-order valence-electron chi connectivity index (χ1n) is 8.22. The van der Waals surface area contributed by atoms with Crippen LogP contribution in [0.15, 0.2) is 34.9 Å². The molecule has 1 N–H and O–H groups in total. The largest absolute Gasteiger partial charge is 0.332 e. The number of aromatic amines is 1. The standard InChI is InChI=1S/C18H18N4O/c1-11-4-2-3-5-13(11)18(8-9-18)17-19-16(23-22-17)15-10-14(20-21-15)12-6-7-12/h2-5,10,12H,6-9H2,1H3,(H,20,21). The van der Waals surface area contributed by atoms with Crippen molar-refractivity contribution in [1.82, 2.24) is 20.3 Å². The highest BCUT2D eigenvalue weighted by atomic mass is 16.5. The summed E-state index contributed by atoms with van der Waals surface area (Å²) in [6, 6.07) is 10.5. The number of aromatic nitrogens is 4. The van der Waals surface area contributed by atoms with Gasteiger partial charge in [-0.05, 0) is 49.8 Å². The van der Waals surface area contributed by atoms with E-state index >= 15 is 0 Å². The zero-order chi connectivity index (χ0) is 15.4. The normalized spacial score (nSPS) is 19.0. The fourth-order valence-electron chi connectivity index (χ4n) is 3.42. The highest BCUT2D eigenvalue weighted by Crippen LogP contribution is 2.53. The Hall–Kier alpha value is -2.43. The highest BCUT2D eigenvalue weighted by Gasteiger charge is 2.50. The van der Waals surface area contributed by atoms with Crippen LogP contribution in [0.3, 0.4) is 0 Å². The van der Waals surface area contributed by atoms with E-state index in [1.807, 2.05) is 6.07 Å². The SMILES string of the molecule is Cc1ccccc1C1(c2noc(-c3cc(C4CC4)[nH]n3)n2)CC1. The molecule has 2 saturated carbocycles. The number of hydrogen-bond acceptors (Lipinski definition) is 4. The number of H-pyrrole nitrogens is 1. The van der Waals surface area contributed by atoms with Crippen molar-refractivity contribution in [3.63, 3.8) is 0 Å². The average molecular weight is 306 g/mol. The van der Waals surface area contributed by atoms with Crippen LogP contribution in [0, 0.1) is 6.92 Å². The molecular formula is C18H18N4O. The minimum absolute atomic E-state index is 0.0667. The molecule has 23 heavy (non-hydrogen) atoms. The van der Waals surface area contributed by atoms with E-state index in [1.54, 1.807) is 0 Å². The number of benzene rings is 1. The van der Waals surface area contributed by atoms with Crippen LogP contribution >= 0.6 is 0 Å². The van der Waals surface area contributed by atoms with Crippen LogP contribution in [-0.2, 0) is 5.41 Å². The average Bonchev–Trinajstić information content (AvgIpc) is 3.47. The summed E-state index contributed by atoms with van der Waals surface area (Å²) >= 11 is 0. The third kappa shape index (κ3) is 2.03. The van der Waals surface area contributed by atoms with Gasteiger partial charge in [0.1, 0.15) is 0 Å². The highest BCUT2D eigenvalue weighted by molar-refractivity contribution is 5.50. The van der Waals surface area contributed by atoms with E-state index < -0.39 is 0 Å². The Bertz CT molecular complexity index is 871. The molecule has 2 aliphatic carbocycles. The van der Waals surface area contributed by atoms with Crippen LogP contribution in [0.4, 0.5) is 0 Å². The van der Waals surface area contributed by atoms with Gasteiger partial charge in [-0.1, -0.05) is 29.4 Å². The van der Waals surface area contributed by atoms with Gasteiger partial charge in [-0.25, -0.2) is 0 Å². The second-order valence-electron chi connectivity index (χ2n) is 6.80. The van der Waals surface area contributed by atoms with E-state index in [2.05, 4.69) is 51.5 Å². The summed E-state index contributed by atoms with van der Waals surface area (Å²) in [5.74, 6) is 1.95. The summed E-state index contributed by atoms with van der Waals surface area (Å²) in [6.45, 7) is 2.14. The molecule has 0 spiro atoms. The maximum Gasteiger partial charge on any atom is 0.278 e. The molecule has 0 saturated heterocycles. The second-order valence-corrected chi connectivity index (χ2v) is 6.80. The van der Waals surface area contributed by atoms with E-state index in [1.165, 1.54) is 29.7 Å². The molecule has 0 atom stereocenters. The minimum Gasteiger partial charge on any atom is -0.332 e. The van der Waals surface area contributed by atoms with Crippen LogP contribution in [0.25, 0.3) is 11.6 Å². The summed E-state index contributed by atoms with van der Waals surface area (Å²) in [6.07, 6.45) is 4.63. The van der Waals surface area contributed by atoms with Crippen molar-refractivity contribution in [1.29, 1.82) is 0 Å². The molecule has 2 fully saturated rings. The fourth-order valence-corrected chi connectivity index (χ4v) is 3.42. The Morgan fingerprint density at radius 1 is 1.22 bits per heavy atom. The Balaban J connectivity index is 1.50. The summed E-state index contributed by atoms with van der Waals surface area (Å²) in [5.41, 5.74) is 4.47. The van der Waals surface area contributed by atoms with Gasteiger partial charge in [0.05, 0.1) is 5.41 Å². The van der Waals surface area contributed by atoms with Crippen LogP contribution in [-0.4, -0.2) is 20.3 Å². The second kappa shape index (κ2) is 4.54. The molecule has 0 bridgehead atoms. The Morgan fingerprint density at radius 3 is 2.78 bits per heavy atom. The van der Waals surface area contributed by atoms with E-state index in [9.17, 15) is 0 Å². The van der Waals surface area contributed by atoms with Gasteiger partial charge in [0, 0.05) is 11.6 Å². The Morgan fingerprint density at radius 2 is 2.04 bits per heavy atom. The van der Waals surface area contributed by atoms with Crippen LogP contribution < -0.4 is 0 Å². The predicted octanol–water partition coefficient (Wildman–Crippen LogP) is 3.73. The molecule has 2 aliphatic rings. The number of nitrogens with one attached hydrogen (secondary N) is 1. The zero-order valence-corrected chi connectivity index (χ0v) is 13.0. The molecule has 0 radical (unpaired) electrons. The maximum absolute atomic E-state index is 5.51. The summed E-state index contributed by atoms with van der Waals surface area (Å²) in [4.78, 5) is 4.66. The van der Waals surface area contributed by atoms with Crippen molar-refractivity contribution in [2.24, 2.45) is 0 Å². The van der Waals surface area contributed by atoms with Crippen molar-refractivity contribution in [3.8, 4) is 11.6 Å². The first-order chi connectivity index (χ1) is 11.3. The van der Waals surface area contributed by atoms with Crippen molar-refractivity contribution < 1.29 is 4.52 Å². The number of aryl methyl sites for hydroxylation is 1. The predicted molar refractivity (Wildman–Crippen MR) is 85.0 cm³/mol. The zero-order valence-electron chi connectivity index (χ0n) is 13.0. The monoisotopic (exact) mass is 306 g/mol. The van der Waals surface area contributed by atoms with Gasteiger partial charge in [0.2, 0.25) is 0 Å². The van der Waals surface area contributed by atoms with Gasteiger partial charge in [-0.3, -0.25) is 5.10 Å². The molecule has 116 valence electrons. The van der Waals surface area contributed by atoms with Crippen molar-refractivity contribution in [3.05, 3.63) is 53.0 Å². The molecule has 3 aromatic rings. The molecule has 0 aliphatic heterocycles. The van der Waals surface area contributed by atoms with Crippen molar-refractivity contribution in [2.45, 2.75) is 43.9 Å². The fraction of sp³-hybridized carbons (Fsp3) is 0.389.